The molecule has 4 rings (SSSR count). The van der Waals surface area contributed by atoms with E-state index in [4.69, 9.17) is 4.74 Å². The van der Waals surface area contributed by atoms with Crippen LogP contribution >= 0.6 is 0 Å². The van der Waals surface area contributed by atoms with E-state index in [1.165, 1.54) is 6.07 Å². The summed E-state index contributed by atoms with van der Waals surface area (Å²) in [5.74, 6) is 0.516. The minimum atomic E-state index is -0.439. The standard InChI is InChI=1S/C22H26N4O4/c1-30-21-7-3-2-6-19(21)25-12-4-5-17(14-25)24-22(27)15-8-11-18(23-16-9-10-16)20(13-15)26(28)29/h2-3,6-8,11,13,16-17,23H,4-5,9-10,12,14H2,1H3,(H,24,27). The van der Waals surface area contributed by atoms with Crippen LogP contribution in [0, 0.1) is 10.1 Å². The zero-order chi connectivity index (χ0) is 21.1. The first kappa shape index (κ1) is 20.0. The fourth-order valence-corrected chi connectivity index (χ4v) is 3.87. The molecule has 1 amide bonds. The van der Waals surface area contributed by atoms with Gasteiger partial charge < -0.3 is 20.3 Å². The number of rotatable bonds is 7. The molecule has 8 nitrogen and oxygen atoms in total. The molecular formula is C22H26N4O4. The minimum absolute atomic E-state index is 0.0421. The summed E-state index contributed by atoms with van der Waals surface area (Å²) >= 11 is 0. The number of amides is 1. The van der Waals surface area contributed by atoms with Crippen LogP contribution in [-0.4, -0.2) is 43.1 Å². The number of hydrogen-bond donors (Lipinski definition) is 2. The van der Waals surface area contributed by atoms with Crippen molar-refractivity contribution in [3.63, 3.8) is 0 Å². The zero-order valence-electron chi connectivity index (χ0n) is 17.0. The molecule has 1 unspecified atom stereocenters. The molecule has 2 N–H and O–H groups in total. The molecule has 2 aliphatic rings. The Labute approximate surface area is 175 Å². The van der Waals surface area contributed by atoms with Crippen molar-refractivity contribution in [3.05, 3.63) is 58.1 Å². The Balaban J connectivity index is 1.45. The number of ether oxygens (including phenoxy) is 1. The molecule has 1 heterocycles. The molecule has 0 radical (unpaired) electrons. The van der Waals surface area contributed by atoms with E-state index in [2.05, 4.69) is 15.5 Å². The van der Waals surface area contributed by atoms with Gasteiger partial charge in [-0.3, -0.25) is 14.9 Å². The third-order valence-electron chi connectivity index (χ3n) is 5.58. The van der Waals surface area contributed by atoms with Gasteiger partial charge in [0.2, 0.25) is 0 Å². The molecular weight excluding hydrogens is 384 g/mol. The SMILES string of the molecule is COc1ccccc1N1CCCC(NC(=O)c2ccc(NC3CC3)c([N+](=O)[O-])c2)C1. The van der Waals surface area contributed by atoms with Gasteiger partial charge in [-0.05, 0) is 49.9 Å². The Hall–Kier alpha value is -3.29. The van der Waals surface area contributed by atoms with Crippen LogP contribution < -0.4 is 20.3 Å². The molecule has 1 saturated heterocycles. The molecule has 2 fully saturated rings. The van der Waals surface area contributed by atoms with Crippen LogP contribution in [-0.2, 0) is 0 Å². The van der Waals surface area contributed by atoms with Crippen LogP contribution in [0.25, 0.3) is 0 Å². The van der Waals surface area contributed by atoms with Gasteiger partial charge in [-0.2, -0.15) is 0 Å². The van der Waals surface area contributed by atoms with E-state index in [-0.39, 0.29) is 17.6 Å². The van der Waals surface area contributed by atoms with Crippen molar-refractivity contribution in [2.24, 2.45) is 0 Å². The van der Waals surface area contributed by atoms with Crippen LogP contribution in [0.3, 0.4) is 0 Å². The number of anilines is 2. The van der Waals surface area contributed by atoms with Crippen molar-refractivity contribution in [2.75, 3.05) is 30.4 Å². The van der Waals surface area contributed by atoms with E-state index in [1.54, 1.807) is 19.2 Å². The lowest BCUT2D eigenvalue weighted by Crippen LogP contribution is -2.47. The number of carbonyl (C=O) groups excluding carboxylic acids is 1. The fraction of sp³-hybridized carbons (Fsp3) is 0.409. The quantitative estimate of drug-likeness (QED) is 0.535. The summed E-state index contributed by atoms with van der Waals surface area (Å²) in [6.07, 6.45) is 3.84. The summed E-state index contributed by atoms with van der Waals surface area (Å²) in [4.78, 5) is 26.0. The highest BCUT2D eigenvalue weighted by Crippen LogP contribution is 2.32. The summed E-state index contributed by atoms with van der Waals surface area (Å²) in [7, 11) is 1.65. The molecule has 1 aliphatic carbocycles. The number of carbonyl (C=O) groups is 1. The van der Waals surface area contributed by atoms with Crippen LogP contribution in [0.2, 0.25) is 0 Å². The number of hydrogen-bond acceptors (Lipinski definition) is 6. The number of methoxy groups -OCH3 is 1. The van der Waals surface area contributed by atoms with Gasteiger partial charge in [0.15, 0.2) is 0 Å². The highest BCUT2D eigenvalue weighted by Gasteiger charge is 2.27. The van der Waals surface area contributed by atoms with Gasteiger partial charge in [0.05, 0.1) is 17.7 Å². The summed E-state index contributed by atoms with van der Waals surface area (Å²) in [5.41, 5.74) is 1.72. The molecule has 1 saturated carbocycles. The van der Waals surface area contributed by atoms with Gasteiger partial charge in [-0.25, -0.2) is 0 Å². The number of nitro groups is 1. The number of nitrogens with one attached hydrogen (secondary N) is 2. The Bertz CT molecular complexity index is 944. The zero-order valence-corrected chi connectivity index (χ0v) is 17.0. The lowest BCUT2D eigenvalue weighted by Gasteiger charge is -2.35. The Morgan fingerprint density at radius 3 is 2.70 bits per heavy atom. The number of piperidine rings is 1. The Morgan fingerprint density at radius 2 is 1.97 bits per heavy atom. The van der Waals surface area contributed by atoms with Gasteiger partial charge in [-0.15, -0.1) is 0 Å². The van der Waals surface area contributed by atoms with Crippen LogP contribution in [0.15, 0.2) is 42.5 Å². The molecule has 2 aromatic carbocycles. The molecule has 30 heavy (non-hydrogen) atoms. The van der Waals surface area contributed by atoms with E-state index >= 15 is 0 Å². The minimum Gasteiger partial charge on any atom is -0.495 e. The maximum Gasteiger partial charge on any atom is 0.293 e. The maximum absolute atomic E-state index is 12.8. The third-order valence-corrected chi connectivity index (χ3v) is 5.58. The normalized spacial score (nSPS) is 18.6. The number of benzene rings is 2. The molecule has 1 atom stereocenters. The van der Waals surface area contributed by atoms with Crippen LogP contribution in [0.1, 0.15) is 36.0 Å². The van der Waals surface area contributed by atoms with Crippen LogP contribution in [0.5, 0.6) is 5.75 Å². The van der Waals surface area contributed by atoms with Gasteiger partial charge in [0.1, 0.15) is 11.4 Å². The summed E-state index contributed by atoms with van der Waals surface area (Å²) < 4.78 is 5.46. The van der Waals surface area contributed by atoms with Crippen molar-refractivity contribution < 1.29 is 14.5 Å². The van der Waals surface area contributed by atoms with E-state index in [9.17, 15) is 14.9 Å². The predicted octanol–water partition coefficient (Wildman–Crippen LogP) is 3.58. The second-order valence-corrected chi connectivity index (χ2v) is 7.84. The van der Waals surface area contributed by atoms with Gasteiger partial charge >= 0.3 is 0 Å². The molecule has 0 spiro atoms. The molecule has 158 valence electrons. The van der Waals surface area contributed by atoms with Crippen LogP contribution in [0.4, 0.5) is 17.1 Å². The lowest BCUT2D eigenvalue weighted by atomic mass is 10.0. The van der Waals surface area contributed by atoms with E-state index < -0.39 is 4.92 Å². The van der Waals surface area contributed by atoms with Crippen molar-refractivity contribution >= 4 is 23.0 Å². The predicted molar refractivity (Wildman–Crippen MR) is 115 cm³/mol. The van der Waals surface area contributed by atoms with Gasteiger partial charge in [-0.1, -0.05) is 12.1 Å². The van der Waals surface area contributed by atoms with Crippen molar-refractivity contribution in [2.45, 2.75) is 37.8 Å². The maximum atomic E-state index is 12.8. The second-order valence-electron chi connectivity index (χ2n) is 7.84. The molecule has 0 bridgehead atoms. The Morgan fingerprint density at radius 1 is 1.17 bits per heavy atom. The van der Waals surface area contributed by atoms with E-state index in [0.29, 0.717) is 23.8 Å². The first-order valence-electron chi connectivity index (χ1n) is 10.3. The second kappa shape index (κ2) is 8.61. The molecule has 8 heteroatoms. The fourth-order valence-electron chi connectivity index (χ4n) is 3.87. The van der Waals surface area contributed by atoms with Crippen molar-refractivity contribution in [1.82, 2.24) is 5.32 Å². The average molecular weight is 410 g/mol. The number of para-hydroxylation sites is 2. The lowest BCUT2D eigenvalue weighted by molar-refractivity contribution is -0.384. The Kier molecular flexibility index (Phi) is 5.74. The van der Waals surface area contributed by atoms with E-state index in [1.807, 2.05) is 24.3 Å². The van der Waals surface area contributed by atoms with E-state index in [0.717, 1.165) is 43.7 Å². The summed E-state index contributed by atoms with van der Waals surface area (Å²) in [6.45, 7) is 1.55. The molecule has 2 aromatic rings. The monoisotopic (exact) mass is 410 g/mol. The summed E-state index contributed by atoms with van der Waals surface area (Å²) in [5, 5.41) is 17.7. The highest BCUT2D eigenvalue weighted by atomic mass is 16.6. The topological polar surface area (TPSA) is 96.7 Å². The van der Waals surface area contributed by atoms with Crippen molar-refractivity contribution in [1.29, 1.82) is 0 Å². The smallest absolute Gasteiger partial charge is 0.293 e. The van der Waals surface area contributed by atoms with Gasteiger partial charge in [0.25, 0.3) is 11.6 Å². The largest absolute Gasteiger partial charge is 0.495 e. The van der Waals surface area contributed by atoms with Crippen molar-refractivity contribution in [3.8, 4) is 5.75 Å². The third kappa shape index (κ3) is 4.48. The number of nitro benzene ring substituents is 1. The number of nitrogens with zero attached hydrogens (tertiary/aromatic N) is 2. The molecule has 0 aromatic heterocycles. The first-order chi connectivity index (χ1) is 14.5. The highest BCUT2D eigenvalue weighted by molar-refractivity contribution is 5.96. The first-order valence-corrected chi connectivity index (χ1v) is 10.3. The molecule has 1 aliphatic heterocycles. The average Bonchev–Trinajstić information content (AvgIpc) is 3.58. The summed E-state index contributed by atoms with van der Waals surface area (Å²) in [6, 6.07) is 12.7. The van der Waals surface area contributed by atoms with Gasteiger partial charge in [0, 0.05) is 36.8 Å².